The molecule has 2 atom stereocenters. The Morgan fingerprint density at radius 1 is 1.36 bits per heavy atom. The van der Waals surface area contributed by atoms with Gasteiger partial charge in [0.05, 0.1) is 17.9 Å². The summed E-state index contributed by atoms with van der Waals surface area (Å²) in [5.41, 5.74) is 7.97. The van der Waals surface area contributed by atoms with Gasteiger partial charge in [0, 0.05) is 25.1 Å². The Kier molecular flexibility index (Phi) is 10.9. The largest absolute Gasteiger partial charge is 0.397 e. The van der Waals surface area contributed by atoms with Crippen LogP contribution < -0.4 is 16.4 Å². The van der Waals surface area contributed by atoms with Crippen LogP contribution in [0.4, 0.5) is 8.78 Å². The lowest BCUT2D eigenvalue weighted by Crippen LogP contribution is -2.49. The van der Waals surface area contributed by atoms with Gasteiger partial charge >= 0.3 is 0 Å². The van der Waals surface area contributed by atoms with Gasteiger partial charge in [-0.1, -0.05) is 37.3 Å². The lowest BCUT2D eigenvalue weighted by atomic mass is 9.92. The molecule has 0 spiro atoms. The first-order valence-electron chi connectivity index (χ1n) is 11.8. The van der Waals surface area contributed by atoms with Crippen LogP contribution in [0.1, 0.15) is 40.0 Å². The first-order valence-corrected chi connectivity index (χ1v) is 11.8. The second-order valence-electron chi connectivity index (χ2n) is 8.83. The molecule has 0 radical (unpaired) electrons. The van der Waals surface area contributed by atoms with Crippen molar-refractivity contribution in [1.82, 2.24) is 15.7 Å². The van der Waals surface area contributed by atoms with Crippen LogP contribution in [-0.4, -0.2) is 53.5 Å². The molecule has 8 nitrogen and oxygen atoms in total. The lowest BCUT2D eigenvalue weighted by molar-refractivity contribution is -0.136. The minimum atomic E-state index is -0.594. The van der Waals surface area contributed by atoms with E-state index in [0.29, 0.717) is 18.4 Å². The van der Waals surface area contributed by atoms with Crippen LogP contribution in [0.3, 0.4) is 0 Å². The topological polar surface area (TPSA) is 120 Å². The zero-order valence-corrected chi connectivity index (χ0v) is 21.0. The van der Waals surface area contributed by atoms with Gasteiger partial charge in [-0.15, -0.1) is 0 Å². The number of rotatable bonds is 11. The summed E-state index contributed by atoms with van der Waals surface area (Å²) in [6, 6.07) is -0.326. The van der Waals surface area contributed by atoms with E-state index in [1.807, 2.05) is 6.92 Å². The van der Waals surface area contributed by atoms with E-state index in [2.05, 4.69) is 22.2 Å². The number of nitrogens with one attached hydrogen (secondary N) is 2. The number of aliphatic imine (C=N–C) groups is 1. The van der Waals surface area contributed by atoms with Gasteiger partial charge in [0.1, 0.15) is 23.9 Å². The normalized spacial score (nSPS) is 21.8. The number of hydrogen-bond donors (Lipinski definition) is 4. The Morgan fingerprint density at radius 2 is 2.08 bits per heavy atom. The summed E-state index contributed by atoms with van der Waals surface area (Å²) in [7, 11) is 0. The number of hydroxylamine groups is 2. The van der Waals surface area contributed by atoms with Crippen molar-refractivity contribution in [3.05, 3.63) is 71.2 Å². The monoisotopic (exact) mass is 503 g/mol. The van der Waals surface area contributed by atoms with E-state index in [-0.39, 0.29) is 55.1 Å². The van der Waals surface area contributed by atoms with Crippen molar-refractivity contribution in [3.8, 4) is 0 Å². The molecule has 2 unspecified atom stereocenters. The van der Waals surface area contributed by atoms with Crippen LogP contribution >= 0.6 is 0 Å². The van der Waals surface area contributed by atoms with Crippen molar-refractivity contribution in [2.75, 3.05) is 19.6 Å². The van der Waals surface area contributed by atoms with Crippen LogP contribution in [0.2, 0.25) is 0 Å². The Balaban J connectivity index is 2.24. The number of nitrogens with zero attached hydrogens (tertiary/aromatic N) is 2. The molecule has 1 aliphatic carbocycles. The van der Waals surface area contributed by atoms with Crippen LogP contribution in [0.15, 0.2) is 76.1 Å². The minimum absolute atomic E-state index is 0.0344. The summed E-state index contributed by atoms with van der Waals surface area (Å²) in [4.78, 5) is 29.9. The summed E-state index contributed by atoms with van der Waals surface area (Å²) >= 11 is 0. The molecule has 2 aliphatic rings. The van der Waals surface area contributed by atoms with Gasteiger partial charge in [-0.25, -0.2) is 8.78 Å². The molecule has 10 heteroatoms. The number of likely N-dealkylation sites (N-methyl/N-ethyl adjacent to an activating group) is 1. The van der Waals surface area contributed by atoms with Gasteiger partial charge in [0.15, 0.2) is 0 Å². The summed E-state index contributed by atoms with van der Waals surface area (Å²) in [5, 5.41) is 16.0. The molecule has 0 fully saturated rings. The third-order valence-corrected chi connectivity index (χ3v) is 5.86. The van der Waals surface area contributed by atoms with Gasteiger partial charge in [0.25, 0.3) is 5.91 Å². The smallest absolute Gasteiger partial charge is 0.271 e. The molecule has 0 saturated heterocycles. The summed E-state index contributed by atoms with van der Waals surface area (Å²) in [6.45, 7) is 9.09. The van der Waals surface area contributed by atoms with Gasteiger partial charge in [-0.05, 0) is 44.3 Å². The van der Waals surface area contributed by atoms with Gasteiger partial charge in [0.2, 0.25) is 5.91 Å². The molecular weight excluding hydrogens is 468 g/mol. The highest BCUT2D eigenvalue weighted by atomic mass is 19.1. The van der Waals surface area contributed by atoms with Crippen molar-refractivity contribution in [2.45, 2.75) is 46.1 Å². The molecule has 0 aromatic carbocycles. The lowest BCUT2D eigenvalue weighted by Gasteiger charge is -2.26. The second-order valence-corrected chi connectivity index (χ2v) is 8.83. The first-order chi connectivity index (χ1) is 17.0. The maximum absolute atomic E-state index is 13.5. The average Bonchev–Trinajstić information content (AvgIpc) is 2.83. The molecule has 36 heavy (non-hydrogen) atoms. The maximum atomic E-state index is 13.5. The molecule has 2 amide bonds. The van der Waals surface area contributed by atoms with Crippen molar-refractivity contribution in [1.29, 1.82) is 0 Å². The Hall–Kier alpha value is -3.37. The van der Waals surface area contributed by atoms with Gasteiger partial charge in [-0.3, -0.25) is 14.6 Å². The molecule has 1 aliphatic heterocycles. The van der Waals surface area contributed by atoms with E-state index in [1.54, 1.807) is 32.1 Å². The summed E-state index contributed by atoms with van der Waals surface area (Å²) in [5.74, 6) is -2.48. The minimum Gasteiger partial charge on any atom is -0.397 e. The molecule has 0 aromatic rings. The van der Waals surface area contributed by atoms with Crippen LogP contribution in [0.25, 0.3) is 0 Å². The highest BCUT2D eigenvalue weighted by molar-refractivity contribution is 6.46. The number of halogens is 2. The number of hydrogen-bond acceptors (Lipinski definition) is 6. The zero-order valence-electron chi connectivity index (χ0n) is 21.0. The van der Waals surface area contributed by atoms with Crippen LogP contribution in [0.5, 0.6) is 0 Å². The van der Waals surface area contributed by atoms with Crippen molar-refractivity contribution in [3.63, 3.8) is 0 Å². The first kappa shape index (κ1) is 28.9. The van der Waals surface area contributed by atoms with E-state index in [0.717, 1.165) is 16.7 Å². The highest BCUT2D eigenvalue weighted by Crippen LogP contribution is 2.28. The van der Waals surface area contributed by atoms with Crippen LogP contribution in [-0.2, 0) is 9.59 Å². The quantitative estimate of drug-likeness (QED) is 0.254. The van der Waals surface area contributed by atoms with Crippen molar-refractivity contribution in [2.24, 2.45) is 16.6 Å². The van der Waals surface area contributed by atoms with Gasteiger partial charge < -0.3 is 21.6 Å². The third-order valence-electron chi connectivity index (χ3n) is 5.86. The van der Waals surface area contributed by atoms with E-state index >= 15 is 0 Å². The molecule has 1 heterocycles. The molecule has 0 aromatic heterocycles. The van der Waals surface area contributed by atoms with E-state index in [1.165, 1.54) is 6.08 Å². The third kappa shape index (κ3) is 8.69. The molecule has 0 saturated carbocycles. The standard InChI is InChI=1S/C26H35F2N5O3/c1-5-16(3)7-8-17(4)23(29)24(32-22(34)15-33(36)6-2)25-26(35)31-21(14-30-25)10-9-18-11-19(27)13-20(28)12-18/h5,7-8,11,13,18,21,36H,1,6,9-10,12,14-15,29H2,2-4H3,(H,31,35)(H,32,34)/b16-7-,17-8+,24-23?. The number of carbonyl (C=O) groups excluding carboxylic acids is 2. The molecule has 5 N–H and O–H groups in total. The number of amides is 2. The fourth-order valence-corrected chi connectivity index (χ4v) is 3.64. The molecule has 2 rings (SSSR count). The van der Waals surface area contributed by atoms with Crippen LogP contribution in [0, 0.1) is 5.92 Å². The summed E-state index contributed by atoms with van der Waals surface area (Å²) < 4.78 is 27.0. The molecule has 0 bridgehead atoms. The number of allylic oxidation sites excluding steroid dienone is 9. The summed E-state index contributed by atoms with van der Waals surface area (Å²) in [6.07, 6.45) is 8.55. The second kappa shape index (κ2) is 13.6. The highest BCUT2D eigenvalue weighted by Gasteiger charge is 2.29. The van der Waals surface area contributed by atoms with E-state index in [9.17, 15) is 23.6 Å². The Morgan fingerprint density at radius 3 is 2.69 bits per heavy atom. The number of carbonyl (C=O) groups is 2. The Bertz CT molecular complexity index is 1060. The SMILES string of the molecule is C=C/C(C)=C\C=C(/C)C(N)=C(NC(=O)CN(O)CC)C1=NCC(CCC2C=C(F)C=C(F)C2)NC1=O. The number of nitrogens with two attached hydrogens (primary N) is 1. The Labute approximate surface area is 210 Å². The van der Waals surface area contributed by atoms with E-state index in [4.69, 9.17) is 5.73 Å². The zero-order chi connectivity index (χ0) is 26.8. The predicted molar refractivity (Wildman–Crippen MR) is 136 cm³/mol. The van der Waals surface area contributed by atoms with Crippen molar-refractivity contribution >= 4 is 17.5 Å². The average molecular weight is 504 g/mol. The molecular formula is C26H35F2N5O3. The predicted octanol–water partition coefficient (Wildman–Crippen LogP) is 3.51. The fourth-order valence-electron chi connectivity index (χ4n) is 3.64. The fraction of sp³-hybridized carbons (Fsp3) is 0.423. The van der Waals surface area contributed by atoms with Gasteiger partial charge in [-0.2, -0.15) is 5.06 Å². The van der Waals surface area contributed by atoms with Crippen molar-refractivity contribution < 1.29 is 23.6 Å². The maximum Gasteiger partial charge on any atom is 0.271 e. The molecule has 196 valence electrons. The van der Waals surface area contributed by atoms with E-state index < -0.39 is 23.5 Å².